The Morgan fingerprint density at radius 3 is 1.80 bits per heavy atom. The molecule has 0 aliphatic rings. The van der Waals surface area contributed by atoms with Crippen LogP contribution in [0.3, 0.4) is 0 Å². The summed E-state index contributed by atoms with van der Waals surface area (Å²) in [6, 6.07) is 0. The molecule has 0 aliphatic carbocycles. The largest absolute Gasteiger partial charge is 0.381 e. The van der Waals surface area contributed by atoms with E-state index in [4.69, 9.17) is 4.74 Å². The third-order valence-electron chi connectivity index (χ3n) is 2.47. The summed E-state index contributed by atoms with van der Waals surface area (Å²) in [5.41, 5.74) is 0. The van der Waals surface area contributed by atoms with E-state index < -0.39 is 0 Å². The molecule has 0 rings (SSSR count). The first-order valence-electron chi connectivity index (χ1n) is 3.74. The Morgan fingerprint density at radius 1 is 1.30 bits per heavy atom. The fraction of sp³-hybridized carbons (Fsp3) is 1.00. The van der Waals surface area contributed by atoms with Crippen molar-refractivity contribution in [3.05, 3.63) is 0 Å². The van der Waals surface area contributed by atoms with Crippen LogP contribution in [0.15, 0.2) is 0 Å². The van der Waals surface area contributed by atoms with E-state index in [0.717, 1.165) is 0 Å². The van der Waals surface area contributed by atoms with Crippen LogP contribution in [0.5, 0.6) is 0 Å². The van der Waals surface area contributed by atoms with Gasteiger partial charge in [-0.2, -0.15) is 0 Å². The van der Waals surface area contributed by atoms with Crippen molar-refractivity contribution >= 4 is 9.24 Å². The second-order valence-electron chi connectivity index (χ2n) is 3.40. The average Bonchev–Trinajstić information content (AvgIpc) is 1.86. The van der Waals surface area contributed by atoms with Crippen molar-refractivity contribution in [2.45, 2.75) is 39.0 Å². The molecule has 1 nitrogen and oxygen atoms in total. The van der Waals surface area contributed by atoms with E-state index in [2.05, 4.69) is 36.9 Å². The van der Waals surface area contributed by atoms with Gasteiger partial charge in [0.2, 0.25) is 0 Å². The van der Waals surface area contributed by atoms with Gasteiger partial charge in [-0.25, -0.2) is 0 Å². The smallest absolute Gasteiger partial charge is 0.0633 e. The number of rotatable bonds is 3. The lowest BCUT2D eigenvalue weighted by Gasteiger charge is -2.34. The van der Waals surface area contributed by atoms with Gasteiger partial charge in [-0.05, 0) is 12.8 Å². The number of ether oxygens (including phenoxy) is 1. The van der Waals surface area contributed by atoms with Gasteiger partial charge >= 0.3 is 0 Å². The van der Waals surface area contributed by atoms with Crippen LogP contribution in [0.2, 0.25) is 0 Å². The van der Waals surface area contributed by atoms with E-state index in [1.165, 1.54) is 0 Å². The third kappa shape index (κ3) is 2.21. The van der Waals surface area contributed by atoms with Crippen molar-refractivity contribution in [2.24, 2.45) is 5.92 Å². The van der Waals surface area contributed by atoms with Gasteiger partial charge in [0.05, 0.1) is 6.10 Å². The zero-order valence-corrected chi connectivity index (χ0v) is 8.79. The SMILES string of the molecule is COC(C)C(C)(P)C(C)C. The van der Waals surface area contributed by atoms with Gasteiger partial charge in [-0.15, -0.1) is 9.24 Å². The van der Waals surface area contributed by atoms with Crippen LogP contribution < -0.4 is 0 Å². The third-order valence-corrected chi connectivity index (χ3v) is 3.61. The minimum absolute atomic E-state index is 0.203. The molecule has 0 heterocycles. The maximum absolute atomic E-state index is 5.26. The molecular formula is C8H19OP. The molecule has 0 fully saturated rings. The van der Waals surface area contributed by atoms with Gasteiger partial charge in [-0.3, -0.25) is 0 Å². The summed E-state index contributed by atoms with van der Waals surface area (Å²) in [6.45, 7) is 8.73. The van der Waals surface area contributed by atoms with Crippen LogP contribution in [0.25, 0.3) is 0 Å². The monoisotopic (exact) mass is 162 g/mol. The second-order valence-corrected chi connectivity index (χ2v) is 4.64. The second kappa shape index (κ2) is 3.69. The van der Waals surface area contributed by atoms with Crippen molar-refractivity contribution in [1.29, 1.82) is 0 Å². The molecule has 3 unspecified atom stereocenters. The molecule has 0 spiro atoms. The van der Waals surface area contributed by atoms with E-state index >= 15 is 0 Å². The Kier molecular flexibility index (Phi) is 3.83. The Bertz CT molecular complexity index is 99.4. The Labute approximate surface area is 66.7 Å². The topological polar surface area (TPSA) is 9.23 Å². The molecule has 0 aromatic carbocycles. The first kappa shape index (κ1) is 10.4. The van der Waals surface area contributed by atoms with Crippen molar-refractivity contribution in [3.8, 4) is 0 Å². The zero-order chi connectivity index (χ0) is 8.36. The maximum atomic E-state index is 5.26. The van der Waals surface area contributed by atoms with E-state index in [-0.39, 0.29) is 5.16 Å². The molecule has 0 aromatic heterocycles. The summed E-state index contributed by atoms with van der Waals surface area (Å²) in [5.74, 6) is 0.632. The fourth-order valence-corrected chi connectivity index (χ4v) is 0.859. The molecule has 0 amide bonds. The van der Waals surface area contributed by atoms with E-state index in [9.17, 15) is 0 Å². The van der Waals surface area contributed by atoms with Gasteiger partial charge < -0.3 is 4.74 Å². The van der Waals surface area contributed by atoms with E-state index in [1.54, 1.807) is 7.11 Å². The maximum Gasteiger partial charge on any atom is 0.0633 e. The molecule has 0 bridgehead atoms. The molecule has 0 aliphatic heterocycles. The van der Waals surface area contributed by atoms with E-state index in [0.29, 0.717) is 12.0 Å². The van der Waals surface area contributed by atoms with Gasteiger partial charge in [0.1, 0.15) is 0 Å². The molecule has 0 N–H and O–H groups in total. The average molecular weight is 162 g/mol. The fourth-order valence-electron chi connectivity index (χ4n) is 0.723. The van der Waals surface area contributed by atoms with Crippen LogP contribution in [0.4, 0.5) is 0 Å². The molecule has 62 valence electrons. The normalized spacial score (nSPS) is 20.7. The quantitative estimate of drug-likeness (QED) is 0.579. The van der Waals surface area contributed by atoms with Crippen LogP contribution in [-0.2, 0) is 4.74 Å². The lowest BCUT2D eigenvalue weighted by atomic mass is 9.92. The van der Waals surface area contributed by atoms with Crippen molar-refractivity contribution in [1.82, 2.24) is 0 Å². The Morgan fingerprint density at radius 2 is 1.70 bits per heavy atom. The summed E-state index contributed by atoms with van der Waals surface area (Å²) >= 11 is 0. The first-order chi connectivity index (χ1) is 4.42. The van der Waals surface area contributed by atoms with Crippen molar-refractivity contribution in [2.75, 3.05) is 7.11 Å². The number of hydrogen-bond donors (Lipinski definition) is 0. The van der Waals surface area contributed by atoms with Crippen LogP contribution >= 0.6 is 9.24 Å². The van der Waals surface area contributed by atoms with Gasteiger partial charge in [-0.1, -0.05) is 20.8 Å². The highest BCUT2D eigenvalue weighted by atomic mass is 31.0. The first-order valence-corrected chi connectivity index (χ1v) is 4.32. The predicted octanol–water partition coefficient (Wildman–Crippen LogP) is 2.31. The Balaban J connectivity index is 4.09. The van der Waals surface area contributed by atoms with Gasteiger partial charge in [0, 0.05) is 12.3 Å². The number of methoxy groups -OCH3 is 1. The minimum Gasteiger partial charge on any atom is -0.381 e. The lowest BCUT2D eigenvalue weighted by molar-refractivity contribution is 0.0721. The summed E-state index contributed by atoms with van der Waals surface area (Å²) in [7, 11) is 4.63. The zero-order valence-electron chi connectivity index (χ0n) is 7.64. The van der Waals surface area contributed by atoms with Crippen LogP contribution in [-0.4, -0.2) is 18.4 Å². The number of hydrogen-bond acceptors (Lipinski definition) is 1. The molecule has 10 heavy (non-hydrogen) atoms. The Hall–Kier alpha value is 0.390. The molecule has 0 saturated carbocycles. The highest BCUT2D eigenvalue weighted by Gasteiger charge is 2.29. The summed E-state index contributed by atoms with van der Waals surface area (Å²) < 4.78 is 5.26. The molecular weight excluding hydrogens is 143 g/mol. The van der Waals surface area contributed by atoms with Gasteiger partial charge in [0.15, 0.2) is 0 Å². The molecule has 0 saturated heterocycles. The summed E-state index contributed by atoms with van der Waals surface area (Å²) in [6.07, 6.45) is 0.303. The minimum atomic E-state index is 0.203. The van der Waals surface area contributed by atoms with Crippen molar-refractivity contribution in [3.63, 3.8) is 0 Å². The van der Waals surface area contributed by atoms with Crippen LogP contribution in [0.1, 0.15) is 27.7 Å². The predicted molar refractivity (Wildman–Crippen MR) is 49.4 cm³/mol. The highest BCUT2D eigenvalue weighted by Crippen LogP contribution is 2.32. The van der Waals surface area contributed by atoms with Crippen molar-refractivity contribution < 1.29 is 4.74 Å². The molecule has 0 radical (unpaired) electrons. The van der Waals surface area contributed by atoms with Crippen LogP contribution in [0, 0.1) is 5.92 Å². The standard InChI is InChI=1S/C8H19OP/c1-6(2)8(4,10)7(3)9-5/h6-7H,10H2,1-5H3. The molecule has 2 heteroatoms. The molecule has 3 atom stereocenters. The summed E-state index contributed by atoms with van der Waals surface area (Å²) in [4.78, 5) is 0. The lowest BCUT2D eigenvalue weighted by Crippen LogP contribution is -2.37. The molecule has 0 aromatic rings. The highest BCUT2D eigenvalue weighted by molar-refractivity contribution is 7.19. The van der Waals surface area contributed by atoms with Gasteiger partial charge in [0.25, 0.3) is 0 Å². The summed E-state index contributed by atoms with van der Waals surface area (Å²) in [5, 5.41) is 0.203. The van der Waals surface area contributed by atoms with E-state index in [1.807, 2.05) is 0 Å².